The summed E-state index contributed by atoms with van der Waals surface area (Å²) in [6.45, 7) is 0. The van der Waals surface area contributed by atoms with E-state index in [4.69, 9.17) is 0 Å². The number of benzene rings is 4. The zero-order valence-corrected chi connectivity index (χ0v) is 14.3. The number of aliphatic carboxylic acids is 1. The van der Waals surface area contributed by atoms with Gasteiger partial charge in [0.1, 0.15) is 0 Å². The van der Waals surface area contributed by atoms with Crippen LogP contribution in [-0.2, 0) is 24.1 Å². The molecule has 2 heteroatoms. The first-order chi connectivity index (χ1) is 12.7. The maximum Gasteiger partial charge on any atom is 0.307 e. The Kier molecular flexibility index (Phi) is 3.32. The average Bonchev–Trinajstić information content (AvgIpc) is 3.07. The number of carboxylic acid groups (broad SMARTS) is 1. The van der Waals surface area contributed by atoms with Gasteiger partial charge in [0.2, 0.25) is 0 Å². The van der Waals surface area contributed by atoms with E-state index in [9.17, 15) is 9.90 Å². The monoisotopic (exact) mass is 338 g/mol. The van der Waals surface area contributed by atoms with E-state index in [1.165, 1.54) is 21.9 Å². The normalized spacial score (nSPS) is 12.8. The number of carbonyl (C=O) groups is 1. The van der Waals surface area contributed by atoms with Crippen molar-refractivity contribution in [3.8, 4) is 11.1 Å². The third-order valence-electron chi connectivity index (χ3n) is 5.50. The van der Waals surface area contributed by atoms with E-state index in [0.717, 1.165) is 40.3 Å². The third-order valence-corrected chi connectivity index (χ3v) is 5.50. The molecule has 4 aromatic rings. The zero-order valence-electron chi connectivity index (χ0n) is 14.3. The van der Waals surface area contributed by atoms with Crippen LogP contribution in [0.3, 0.4) is 0 Å². The molecule has 0 amide bonds. The van der Waals surface area contributed by atoms with Crippen LogP contribution in [-0.4, -0.2) is 11.1 Å². The molecule has 2 nitrogen and oxygen atoms in total. The van der Waals surface area contributed by atoms with E-state index in [1.807, 2.05) is 24.3 Å². The number of fused-ring (bicyclic) bond motifs is 1. The fourth-order valence-electron chi connectivity index (χ4n) is 4.41. The highest BCUT2D eigenvalue weighted by atomic mass is 16.4. The van der Waals surface area contributed by atoms with Gasteiger partial charge in [0.05, 0.1) is 6.42 Å². The van der Waals surface area contributed by atoms with Crippen molar-refractivity contribution in [3.63, 3.8) is 0 Å². The second-order valence-electron chi connectivity index (χ2n) is 7.00. The SMILES string of the molecule is O=C(O)Cc1ccc2ccccc2c1-c1ccc2c3c(cccc13)CC2. The Morgan fingerprint density at radius 3 is 2.42 bits per heavy atom. The van der Waals surface area contributed by atoms with Gasteiger partial charge in [-0.05, 0) is 62.2 Å². The number of aryl methyl sites for hydroxylation is 2. The molecule has 0 saturated carbocycles. The van der Waals surface area contributed by atoms with Gasteiger partial charge < -0.3 is 5.11 Å². The summed E-state index contributed by atoms with van der Waals surface area (Å²) in [6, 6.07) is 23.1. The van der Waals surface area contributed by atoms with Crippen LogP contribution >= 0.6 is 0 Å². The van der Waals surface area contributed by atoms with Gasteiger partial charge in [-0.15, -0.1) is 0 Å². The van der Waals surface area contributed by atoms with Crippen molar-refractivity contribution in [1.29, 1.82) is 0 Å². The Bertz CT molecular complexity index is 1180. The van der Waals surface area contributed by atoms with Crippen LogP contribution in [0.5, 0.6) is 0 Å². The fraction of sp³-hybridized carbons (Fsp3) is 0.125. The van der Waals surface area contributed by atoms with Crippen LogP contribution < -0.4 is 0 Å². The molecule has 126 valence electrons. The highest BCUT2D eigenvalue weighted by Crippen LogP contribution is 2.41. The van der Waals surface area contributed by atoms with Gasteiger partial charge in [0.15, 0.2) is 0 Å². The topological polar surface area (TPSA) is 37.3 Å². The number of rotatable bonds is 3. The molecule has 0 fully saturated rings. The van der Waals surface area contributed by atoms with Crippen molar-refractivity contribution < 1.29 is 9.90 Å². The van der Waals surface area contributed by atoms with Crippen molar-refractivity contribution in [2.75, 3.05) is 0 Å². The van der Waals surface area contributed by atoms with Gasteiger partial charge >= 0.3 is 5.97 Å². The number of carboxylic acids is 1. The lowest BCUT2D eigenvalue weighted by Crippen LogP contribution is -2.02. The smallest absolute Gasteiger partial charge is 0.307 e. The van der Waals surface area contributed by atoms with Crippen LogP contribution in [0.1, 0.15) is 16.7 Å². The molecule has 0 bridgehead atoms. The summed E-state index contributed by atoms with van der Waals surface area (Å²) < 4.78 is 0. The highest BCUT2D eigenvalue weighted by Gasteiger charge is 2.19. The lowest BCUT2D eigenvalue weighted by atomic mass is 9.88. The molecular formula is C24H18O2. The maximum atomic E-state index is 11.5. The summed E-state index contributed by atoms with van der Waals surface area (Å²) in [5.74, 6) is -0.799. The minimum atomic E-state index is -0.799. The number of hydrogen-bond donors (Lipinski definition) is 1. The molecule has 4 aromatic carbocycles. The standard InChI is InChI=1S/C24H18O2/c25-22(26)14-18-11-8-15-4-1-2-6-19(15)24(18)21-13-12-17-10-9-16-5-3-7-20(21)23(16)17/h1-8,11-13H,9-10,14H2,(H,25,26). The molecule has 5 rings (SSSR count). The lowest BCUT2D eigenvalue weighted by Gasteiger charge is -2.16. The highest BCUT2D eigenvalue weighted by molar-refractivity contribution is 6.09. The predicted octanol–water partition coefficient (Wildman–Crippen LogP) is 5.39. The van der Waals surface area contributed by atoms with E-state index < -0.39 is 5.97 Å². The van der Waals surface area contributed by atoms with Gasteiger partial charge in [0.25, 0.3) is 0 Å². The molecule has 0 saturated heterocycles. The van der Waals surface area contributed by atoms with Crippen LogP contribution in [0.25, 0.3) is 32.7 Å². The minimum absolute atomic E-state index is 0.0309. The van der Waals surface area contributed by atoms with E-state index >= 15 is 0 Å². The molecule has 1 aliphatic carbocycles. The first kappa shape index (κ1) is 15.2. The average molecular weight is 338 g/mol. The third kappa shape index (κ3) is 2.22. The van der Waals surface area contributed by atoms with Crippen LogP contribution in [0.2, 0.25) is 0 Å². The van der Waals surface area contributed by atoms with Gasteiger partial charge in [-0.1, -0.05) is 66.7 Å². The molecule has 0 spiro atoms. The molecule has 1 aliphatic rings. The van der Waals surface area contributed by atoms with Crippen LogP contribution in [0.15, 0.2) is 66.7 Å². The summed E-state index contributed by atoms with van der Waals surface area (Å²) >= 11 is 0. The molecule has 26 heavy (non-hydrogen) atoms. The Morgan fingerprint density at radius 2 is 1.58 bits per heavy atom. The first-order valence-corrected chi connectivity index (χ1v) is 8.98. The van der Waals surface area contributed by atoms with Gasteiger partial charge in [0, 0.05) is 0 Å². The van der Waals surface area contributed by atoms with Crippen molar-refractivity contribution in [1.82, 2.24) is 0 Å². The number of hydrogen-bond acceptors (Lipinski definition) is 1. The van der Waals surface area contributed by atoms with E-state index in [2.05, 4.69) is 42.5 Å². The Morgan fingerprint density at radius 1 is 0.808 bits per heavy atom. The molecule has 0 radical (unpaired) electrons. The second kappa shape index (κ2) is 5.70. The van der Waals surface area contributed by atoms with E-state index in [0.29, 0.717) is 0 Å². The van der Waals surface area contributed by atoms with Gasteiger partial charge in [-0.2, -0.15) is 0 Å². The Hall–Kier alpha value is -3.13. The minimum Gasteiger partial charge on any atom is -0.481 e. The van der Waals surface area contributed by atoms with Gasteiger partial charge in [-0.3, -0.25) is 4.79 Å². The fourth-order valence-corrected chi connectivity index (χ4v) is 4.41. The van der Waals surface area contributed by atoms with Crippen molar-refractivity contribution in [3.05, 3.63) is 83.4 Å². The molecule has 0 aliphatic heterocycles. The van der Waals surface area contributed by atoms with Crippen molar-refractivity contribution in [2.45, 2.75) is 19.3 Å². The van der Waals surface area contributed by atoms with Crippen molar-refractivity contribution in [2.24, 2.45) is 0 Å². The lowest BCUT2D eigenvalue weighted by molar-refractivity contribution is -0.136. The molecule has 0 unspecified atom stereocenters. The summed E-state index contributed by atoms with van der Waals surface area (Å²) in [4.78, 5) is 11.5. The predicted molar refractivity (Wildman–Crippen MR) is 106 cm³/mol. The van der Waals surface area contributed by atoms with E-state index in [1.54, 1.807) is 0 Å². The summed E-state index contributed by atoms with van der Waals surface area (Å²) in [5, 5.41) is 14.3. The van der Waals surface area contributed by atoms with E-state index in [-0.39, 0.29) is 6.42 Å². The van der Waals surface area contributed by atoms with Crippen LogP contribution in [0.4, 0.5) is 0 Å². The maximum absolute atomic E-state index is 11.5. The Balaban J connectivity index is 1.90. The van der Waals surface area contributed by atoms with Crippen molar-refractivity contribution >= 4 is 27.5 Å². The molecule has 1 N–H and O–H groups in total. The van der Waals surface area contributed by atoms with Crippen LogP contribution in [0, 0.1) is 0 Å². The van der Waals surface area contributed by atoms with Gasteiger partial charge in [-0.25, -0.2) is 0 Å². The zero-order chi connectivity index (χ0) is 17.7. The largest absolute Gasteiger partial charge is 0.481 e. The first-order valence-electron chi connectivity index (χ1n) is 8.98. The molecule has 0 aromatic heterocycles. The summed E-state index contributed by atoms with van der Waals surface area (Å²) in [6.07, 6.45) is 2.21. The molecule has 0 atom stereocenters. The second-order valence-corrected chi connectivity index (χ2v) is 7.00. The molecule has 0 heterocycles. The Labute approximate surface area is 151 Å². The summed E-state index contributed by atoms with van der Waals surface area (Å²) in [7, 11) is 0. The molecular weight excluding hydrogens is 320 g/mol. The quantitative estimate of drug-likeness (QED) is 0.544. The summed E-state index contributed by atoms with van der Waals surface area (Å²) in [5.41, 5.74) is 5.87.